The van der Waals surface area contributed by atoms with Gasteiger partial charge in [-0.15, -0.1) is 0 Å². The molecule has 0 heterocycles. The number of amides is 4. The Morgan fingerprint density at radius 3 is 1.69 bits per heavy atom. The number of carbonyl (C=O) groups is 5. The van der Waals surface area contributed by atoms with E-state index in [0.717, 1.165) is 24.0 Å². The molecule has 1 aliphatic carbocycles. The number of ketones is 1. The van der Waals surface area contributed by atoms with Crippen LogP contribution in [-0.2, 0) is 36.8 Å². The number of hydrogen-bond acceptors (Lipinski definition) is 5. The lowest BCUT2D eigenvalue weighted by Gasteiger charge is -2.28. The third-order valence-corrected chi connectivity index (χ3v) is 8.34. The summed E-state index contributed by atoms with van der Waals surface area (Å²) in [6.45, 7) is 9.84. The molecule has 2 aromatic carbocycles. The van der Waals surface area contributed by atoms with Crippen LogP contribution in [0.15, 0.2) is 60.7 Å². The lowest BCUT2D eigenvalue weighted by atomic mass is 9.91. The summed E-state index contributed by atoms with van der Waals surface area (Å²) in [5.41, 5.74) is 1.46. The Kier molecular flexibility index (Phi) is 13.3. The van der Waals surface area contributed by atoms with E-state index in [0.29, 0.717) is 32.1 Å². The van der Waals surface area contributed by atoms with Gasteiger partial charge in [-0.25, -0.2) is 0 Å². The van der Waals surface area contributed by atoms with Crippen LogP contribution < -0.4 is 21.3 Å². The van der Waals surface area contributed by atoms with Gasteiger partial charge in [0.05, 0.1) is 6.04 Å². The van der Waals surface area contributed by atoms with Crippen LogP contribution in [-0.4, -0.2) is 54.1 Å². The summed E-state index contributed by atoms with van der Waals surface area (Å²) >= 11 is 0. The van der Waals surface area contributed by atoms with E-state index in [2.05, 4.69) is 21.3 Å². The van der Waals surface area contributed by atoms with Crippen LogP contribution in [0, 0.1) is 17.3 Å². The topological polar surface area (TPSA) is 133 Å². The van der Waals surface area contributed by atoms with Crippen LogP contribution in [0.2, 0.25) is 0 Å². The minimum absolute atomic E-state index is 0.0310. The van der Waals surface area contributed by atoms with E-state index in [-0.39, 0.29) is 24.0 Å². The van der Waals surface area contributed by atoms with E-state index >= 15 is 0 Å². The number of rotatable bonds is 19. The first-order chi connectivity index (χ1) is 21.4. The second-order valence-electron chi connectivity index (χ2n) is 13.4. The third-order valence-electron chi connectivity index (χ3n) is 8.34. The van der Waals surface area contributed by atoms with E-state index < -0.39 is 47.3 Å². The molecule has 2 aromatic rings. The van der Waals surface area contributed by atoms with Gasteiger partial charge in [0.15, 0.2) is 5.78 Å². The average Bonchev–Trinajstić information content (AvgIpc) is 3.76. The van der Waals surface area contributed by atoms with Crippen LogP contribution in [0.3, 0.4) is 0 Å². The highest BCUT2D eigenvalue weighted by Gasteiger charge is 2.48. The van der Waals surface area contributed by atoms with Crippen molar-refractivity contribution in [2.75, 3.05) is 0 Å². The molecule has 1 fully saturated rings. The SMILES string of the molecule is CC(C)CC(NC(=O)[C@H](CCc1ccccc1)NC=O)C(=O)N[C@@H](Cc1ccccc1)C(=O)N[C@H](CC(C)C)C(=O)C1(C)CC1. The zero-order chi connectivity index (χ0) is 33.0. The summed E-state index contributed by atoms with van der Waals surface area (Å²) in [4.78, 5) is 65.6. The van der Waals surface area contributed by atoms with Gasteiger partial charge in [-0.2, -0.15) is 0 Å². The molecule has 0 radical (unpaired) electrons. The van der Waals surface area contributed by atoms with Crippen LogP contribution in [0.25, 0.3) is 0 Å². The Morgan fingerprint density at radius 1 is 0.689 bits per heavy atom. The average molecular weight is 619 g/mol. The second-order valence-corrected chi connectivity index (χ2v) is 13.4. The maximum atomic E-state index is 13.8. The Bertz CT molecular complexity index is 1280. The van der Waals surface area contributed by atoms with Crippen LogP contribution in [0.4, 0.5) is 0 Å². The van der Waals surface area contributed by atoms with Crippen molar-refractivity contribution in [2.45, 2.75) is 104 Å². The number of Topliss-reactive ketones (excluding diaryl/α,β-unsaturated/α-hetero) is 1. The molecular weight excluding hydrogens is 568 g/mol. The lowest BCUT2D eigenvalue weighted by Crippen LogP contribution is -2.58. The summed E-state index contributed by atoms with van der Waals surface area (Å²) in [7, 11) is 0. The molecule has 4 amide bonds. The summed E-state index contributed by atoms with van der Waals surface area (Å²) in [6.07, 6.45) is 4.08. The Hall–Kier alpha value is -4.01. The molecule has 1 aliphatic rings. The summed E-state index contributed by atoms with van der Waals surface area (Å²) in [5, 5.41) is 11.3. The quantitative estimate of drug-likeness (QED) is 0.177. The van der Waals surface area contributed by atoms with Crippen molar-refractivity contribution in [3.8, 4) is 0 Å². The van der Waals surface area contributed by atoms with Gasteiger partial charge in [-0.05, 0) is 61.5 Å². The van der Waals surface area contributed by atoms with E-state index in [1.807, 2.05) is 95.3 Å². The Balaban J connectivity index is 1.78. The van der Waals surface area contributed by atoms with Gasteiger partial charge in [-0.3, -0.25) is 24.0 Å². The van der Waals surface area contributed by atoms with E-state index in [1.54, 1.807) is 0 Å². The maximum Gasteiger partial charge on any atom is 0.243 e. The van der Waals surface area contributed by atoms with E-state index in [4.69, 9.17) is 0 Å². The van der Waals surface area contributed by atoms with E-state index in [9.17, 15) is 24.0 Å². The number of hydrogen-bond donors (Lipinski definition) is 4. The van der Waals surface area contributed by atoms with Gasteiger partial charge in [0.25, 0.3) is 0 Å². The van der Waals surface area contributed by atoms with Gasteiger partial charge in [0.2, 0.25) is 24.1 Å². The molecule has 45 heavy (non-hydrogen) atoms. The highest BCUT2D eigenvalue weighted by molar-refractivity contribution is 5.97. The zero-order valence-corrected chi connectivity index (χ0v) is 27.3. The number of carbonyl (C=O) groups excluding carboxylic acids is 5. The second kappa shape index (κ2) is 16.9. The van der Waals surface area contributed by atoms with Gasteiger partial charge in [0.1, 0.15) is 18.1 Å². The highest BCUT2D eigenvalue weighted by Crippen LogP contribution is 2.47. The predicted molar refractivity (Wildman–Crippen MR) is 175 cm³/mol. The van der Waals surface area contributed by atoms with Crippen LogP contribution in [0.5, 0.6) is 0 Å². The summed E-state index contributed by atoms with van der Waals surface area (Å²) < 4.78 is 0. The molecule has 4 atom stereocenters. The van der Waals surface area contributed by atoms with Gasteiger partial charge in [-0.1, -0.05) is 95.3 Å². The first kappa shape index (κ1) is 35.5. The molecular formula is C36H50N4O5. The number of aryl methyl sites for hydroxylation is 1. The zero-order valence-electron chi connectivity index (χ0n) is 27.3. The smallest absolute Gasteiger partial charge is 0.243 e. The van der Waals surface area contributed by atoms with Gasteiger partial charge in [0, 0.05) is 11.8 Å². The fourth-order valence-corrected chi connectivity index (χ4v) is 5.46. The first-order valence-electron chi connectivity index (χ1n) is 16.1. The summed E-state index contributed by atoms with van der Waals surface area (Å²) in [6, 6.07) is 15.6. The highest BCUT2D eigenvalue weighted by atomic mass is 16.2. The van der Waals surface area contributed by atoms with E-state index in [1.165, 1.54) is 0 Å². The van der Waals surface area contributed by atoms with Crippen LogP contribution >= 0.6 is 0 Å². The fourth-order valence-electron chi connectivity index (χ4n) is 5.46. The molecule has 0 aliphatic heterocycles. The lowest BCUT2D eigenvalue weighted by molar-refractivity contribution is -0.135. The normalized spacial score (nSPS) is 16.2. The molecule has 0 aromatic heterocycles. The molecule has 3 rings (SSSR count). The standard InChI is InChI=1S/C36H50N4O5/c1-24(2)20-29(32(42)36(5)18-19-36)38-35(45)31(22-27-14-10-7-11-15-27)40-34(44)30(21-25(3)4)39-33(43)28(37-23-41)17-16-26-12-8-6-9-13-26/h6-15,23-25,28-31H,16-22H2,1-5H3,(H,37,41)(H,38,45)(H,39,43)(H,40,44)/t28-,29+,30?,31-/m0/s1. The van der Waals surface area contributed by atoms with Gasteiger partial charge < -0.3 is 21.3 Å². The number of benzene rings is 2. The monoisotopic (exact) mass is 618 g/mol. The van der Waals surface area contributed by atoms with Crippen molar-refractivity contribution < 1.29 is 24.0 Å². The predicted octanol–water partition coefficient (Wildman–Crippen LogP) is 3.89. The van der Waals surface area contributed by atoms with Crippen molar-refractivity contribution in [2.24, 2.45) is 17.3 Å². The maximum absolute atomic E-state index is 13.8. The molecule has 9 heteroatoms. The third kappa shape index (κ3) is 11.5. The molecule has 0 saturated heterocycles. The summed E-state index contributed by atoms with van der Waals surface area (Å²) in [5.74, 6) is -1.14. The van der Waals surface area contributed by atoms with Crippen molar-refractivity contribution in [3.63, 3.8) is 0 Å². The minimum atomic E-state index is -0.970. The molecule has 1 saturated carbocycles. The minimum Gasteiger partial charge on any atom is -0.347 e. The van der Waals surface area contributed by atoms with Crippen LogP contribution in [0.1, 0.15) is 77.8 Å². The molecule has 9 nitrogen and oxygen atoms in total. The fraction of sp³-hybridized carbons (Fsp3) is 0.528. The molecule has 244 valence electrons. The molecule has 4 N–H and O–H groups in total. The molecule has 0 bridgehead atoms. The van der Waals surface area contributed by atoms with Crippen molar-refractivity contribution in [1.82, 2.24) is 21.3 Å². The number of nitrogens with one attached hydrogen (secondary N) is 4. The van der Waals surface area contributed by atoms with Crippen molar-refractivity contribution in [1.29, 1.82) is 0 Å². The Labute approximate surface area is 267 Å². The van der Waals surface area contributed by atoms with Crippen molar-refractivity contribution in [3.05, 3.63) is 71.8 Å². The Morgan fingerprint density at radius 2 is 1.16 bits per heavy atom. The molecule has 0 spiro atoms. The van der Waals surface area contributed by atoms with Crippen molar-refractivity contribution >= 4 is 29.9 Å². The van der Waals surface area contributed by atoms with Gasteiger partial charge >= 0.3 is 0 Å². The first-order valence-corrected chi connectivity index (χ1v) is 16.1. The largest absolute Gasteiger partial charge is 0.347 e. The molecule has 1 unspecified atom stereocenters.